The molecule has 3 heterocycles. The van der Waals surface area contributed by atoms with Gasteiger partial charge in [0.15, 0.2) is 5.57 Å². The zero-order chi connectivity index (χ0) is 49.8. The minimum Gasteiger partial charge on any atom is -0.481 e. The number of hydrogen-bond donors (Lipinski definition) is 2. The number of carbonyl (C=O) groups is 4. The van der Waals surface area contributed by atoms with Crippen LogP contribution in [0.5, 0.6) is 0 Å². The van der Waals surface area contributed by atoms with Gasteiger partial charge in [-0.25, -0.2) is 9.69 Å². The number of allylic oxidation sites excluding steroid dienone is 9. The van der Waals surface area contributed by atoms with Gasteiger partial charge in [-0.1, -0.05) is 139 Å². The summed E-state index contributed by atoms with van der Waals surface area (Å²) < 4.78 is 0. The number of barbiturate groups is 1. The summed E-state index contributed by atoms with van der Waals surface area (Å²) >= 11 is 0. The van der Waals surface area contributed by atoms with Crippen molar-refractivity contribution in [3.63, 3.8) is 0 Å². The van der Waals surface area contributed by atoms with Crippen LogP contribution in [-0.4, -0.2) is 79.8 Å². The first-order chi connectivity index (χ1) is 34.2. The summed E-state index contributed by atoms with van der Waals surface area (Å²) in [5.41, 5.74) is 7.42. The third-order valence-electron chi connectivity index (χ3n) is 16.5. The lowest BCUT2D eigenvalue weighted by Gasteiger charge is -2.42. The number of aliphatic carboxylic acids is 2. The van der Waals surface area contributed by atoms with Crippen molar-refractivity contribution in [1.29, 1.82) is 0 Å². The number of amides is 4. The molecule has 4 aromatic rings. The van der Waals surface area contributed by atoms with Crippen molar-refractivity contribution in [3.8, 4) is 0 Å². The van der Waals surface area contributed by atoms with Crippen molar-refractivity contribution in [2.24, 2.45) is 0 Å². The van der Waals surface area contributed by atoms with Crippen LogP contribution in [0.2, 0.25) is 0 Å². The number of fused-ring (bicyclic) bond motifs is 6. The summed E-state index contributed by atoms with van der Waals surface area (Å²) in [4.78, 5) is 74.9. The molecule has 3 aliphatic heterocycles. The maximum absolute atomic E-state index is 15.6. The summed E-state index contributed by atoms with van der Waals surface area (Å²) in [6.07, 6.45) is 18.9. The van der Waals surface area contributed by atoms with Gasteiger partial charge in [-0.05, 0) is 113 Å². The number of nitrogens with zero attached hydrogens (tertiary/aromatic N) is 4. The molecule has 11 nitrogen and oxygen atoms in total. The second-order valence-electron chi connectivity index (χ2n) is 21.5. The lowest BCUT2D eigenvalue weighted by atomic mass is 9.78. The van der Waals surface area contributed by atoms with Gasteiger partial charge in [0.05, 0.1) is 12.8 Å². The number of hydrogen-bond acceptors (Lipinski definition) is 6. The molecule has 1 saturated heterocycles. The molecule has 10 rings (SSSR count). The summed E-state index contributed by atoms with van der Waals surface area (Å²) in [6.45, 7) is 9.26. The number of carbonyl (C=O) groups excluding carboxylic acids is 3. The molecule has 4 amide bonds. The van der Waals surface area contributed by atoms with Crippen LogP contribution in [0.25, 0.3) is 21.5 Å². The number of benzene rings is 4. The molecule has 368 valence electrons. The molecule has 4 fully saturated rings. The molecule has 0 bridgehead atoms. The molecule has 0 spiro atoms. The number of rotatable bonds is 10. The zero-order valence-corrected chi connectivity index (χ0v) is 41.7. The lowest BCUT2D eigenvalue weighted by molar-refractivity contribution is -0.137. The van der Waals surface area contributed by atoms with E-state index in [2.05, 4.69) is 110 Å². The quantitative estimate of drug-likeness (QED) is 0.0909. The predicted octanol–water partition coefficient (Wildman–Crippen LogP) is 12.4. The maximum atomic E-state index is 15.6. The smallest absolute Gasteiger partial charge is 0.439 e. The molecule has 3 saturated carbocycles. The van der Waals surface area contributed by atoms with Gasteiger partial charge in [-0.2, -0.15) is 0 Å². The third-order valence-corrected chi connectivity index (χ3v) is 16.5. The van der Waals surface area contributed by atoms with E-state index >= 15 is 4.79 Å². The van der Waals surface area contributed by atoms with E-state index in [0.29, 0.717) is 18.4 Å². The van der Waals surface area contributed by atoms with E-state index in [-0.39, 0.29) is 49.5 Å². The SMILES string of the molecule is CC1(C)C(=C/C=C2\CCC/C(=C\C=C3\N(CCC(=O)O)c4ccc5ccccc5c4C3(C)C)C2=C2C(=O)N(C3CCCCC3)C(=O)N(C3CCCCC3)C2=[OH+])N(CCC(=O)O)c2ccc3ccccc3c21. The number of imide groups is 2. The van der Waals surface area contributed by atoms with E-state index in [1.165, 1.54) is 4.90 Å². The lowest BCUT2D eigenvalue weighted by Crippen LogP contribution is -2.62. The Morgan fingerprint density at radius 2 is 1.01 bits per heavy atom. The number of carboxylic acids is 2. The fraction of sp³-hybridized carbons (Fsp3) is 0.417. The van der Waals surface area contributed by atoms with Gasteiger partial charge >= 0.3 is 23.9 Å². The summed E-state index contributed by atoms with van der Waals surface area (Å²) in [5, 5.41) is 24.4. The first kappa shape index (κ1) is 47.9. The molecule has 4 aromatic carbocycles. The fourth-order valence-electron chi connectivity index (χ4n) is 13.1. The Morgan fingerprint density at radius 1 is 0.577 bits per heavy atom. The Bertz CT molecular complexity index is 2830. The number of anilines is 2. The highest BCUT2D eigenvalue weighted by molar-refractivity contribution is 6.30. The second-order valence-corrected chi connectivity index (χ2v) is 21.5. The summed E-state index contributed by atoms with van der Waals surface area (Å²) in [5.74, 6) is -2.52. The van der Waals surface area contributed by atoms with Crippen molar-refractivity contribution in [2.45, 2.75) is 147 Å². The predicted molar refractivity (Wildman–Crippen MR) is 281 cm³/mol. The van der Waals surface area contributed by atoms with Gasteiger partial charge in [0, 0.05) is 64.3 Å². The molecular weight excluding hydrogens is 889 g/mol. The van der Waals surface area contributed by atoms with Crippen molar-refractivity contribution in [2.75, 3.05) is 22.9 Å². The van der Waals surface area contributed by atoms with Gasteiger partial charge in [0.2, 0.25) is 0 Å². The molecule has 3 aliphatic carbocycles. The standard InChI is InChI=1S/C60H66N4O7/c1-59(2)48(61(36-34-50(65)66)46-30-26-38-16-11-13-24-44(38)54(46)59)32-28-40-18-15-19-41(29-33-49-60(3,4)55-45-25-14-12-17-39(45)27-31-47(55)62(49)37-35-51(67)68)52(40)53-56(69)63(42-20-7-5-8-21-42)58(71)64(57(53)70)43-22-9-6-10-23-43/h11-14,16-17,24-33,42-43H,5-10,15,18-23,34-37H2,1-4H3,(H,65,66)(H,67,68)/p+1/b40-28+,41-29+,48-32+,49-33?. The molecular formula is C60H67N4O7+. The zero-order valence-electron chi connectivity index (χ0n) is 41.7. The normalized spacial score (nSPS) is 24.1. The molecule has 6 aliphatic rings. The highest BCUT2D eigenvalue weighted by atomic mass is 16.4. The van der Waals surface area contributed by atoms with Gasteiger partial charge < -0.3 is 20.0 Å². The van der Waals surface area contributed by atoms with Gasteiger partial charge in [-0.15, -0.1) is 0 Å². The van der Waals surface area contributed by atoms with Crippen LogP contribution in [-0.2, 0) is 25.2 Å². The Morgan fingerprint density at radius 3 is 1.46 bits per heavy atom. The molecule has 0 aromatic heterocycles. The summed E-state index contributed by atoms with van der Waals surface area (Å²) in [7, 11) is 0. The van der Waals surface area contributed by atoms with E-state index in [1.54, 1.807) is 4.90 Å². The number of carboxylic acid groups (broad SMARTS) is 2. The Labute approximate surface area is 416 Å². The topological polar surface area (TPSA) is 143 Å². The molecule has 3 N–H and O–H groups in total. The largest absolute Gasteiger partial charge is 0.481 e. The average molecular weight is 956 g/mol. The van der Waals surface area contributed by atoms with E-state index < -0.39 is 34.7 Å². The van der Waals surface area contributed by atoms with E-state index in [4.69, 9.17) is 0 Å². The highest BCUT2D eigenvalue weighted by Gasteiger charge is 2.53. The third kappa shape index (κ3) is 8.48. The Hall–Kier alpha value is -6.75. The Balaban J connectivity index is 1.18. The minimum atomic E-state index is -0.886. The monoisotopic (exact) mass is 956 g/mol. The van der Waals surface area contributed by atoms with E-state index in [9.17, 15) is 29.4 Å². The number of urea groups is 1. The molecule has 0 radical (unpaired) electrons. The van der Waals surface area contributed by atoms with Gasteiger partial charge in [0.25, 0.3) is 5.91 Å². The van der Waals surface area contributed by atoms with Gasteiger partial charge in [0.1, 0.15) is 0 Å². The van der Waals surface area contributed by atoms with Crippen LogP contribution in [0, 0.1) is 0 Å². The fourth-order valence-corrected chi connectivity index (χ4v) is 13.1. The first-order valence-corrected chi connectivity index (χ1v) is 26.0. The second kappa shape index (κ2) is 19.1. The van der Waals surface area contributed by atoms with Crippen molar-refractivity contribution < 1.29 is 34.2 Å². The minimum absolute atomic E-state index is 0.0635. The van der Waals surface area contributed by atoms with Crippen molar-refractivity contribution in [3.05, 3.63) is 142 Å². The van der Waals surface area contributed by atoms with Crippen LogP contribution in [0.4, 0.5) is 16.2 Å². The van der Waals surface area contributed by atoms with Crippen molar-refractivity contribution >= 4 is 62.7 Å². The first-order valence-electron chi connectivity index (χ1n) is 26.0. The summed E-state index contributed by atoms with van der Waals surface area (Å²) in [6, 6.07) is 24.0. The average Bonchev–Trinajstić information content (AvgIpc) is 3.72. The molecule has 11 heteroatoms. The van der Waals surface area contributed by atoms with Crippen LogP contribution < -0.4 is 9.80 Å². The maximum Gasteiger partial charge on any atom is 0.439 e. The van der Waals surface area contributed by atoms with Crippen LogP contribution in [0.3, 0.4) is 0 Å². The highest BCUT2D eigenvalue weighted by Crippen LogP contribution is 2.53. The van der Waals surface area contributed by atoms with E-state index in [1.807, 2.05) is 24.3 Å². The van der Waals surface area contributed by atoms with Crippen molar-refractivity contribution in [1.82, 2.24) is 9.80 Å². The van der Waals surface area contributed by atoms with Crippen LogP contribution >= 0.6 is 0 Å². The molecule has 0 unspecified atom stereocenters. The van der Waals surface area contributed by atoms with E-state index in [0.717, 1.165) is 137 Å². The molecule has 71 heavy (non-hydrogen) atoms. The molecule has 0 atom stereocenters. The van der Waals surface area contributed by atoms with Crippen LogP contribution in [0.15, 0.2) is 131 Å². The van der Waals surface area contributed by atoms with Gasteiger partial charge in [-0.3, -0.25) is 24.1 Å². The van der Waals surface area contributed by atoms with Crippen LogP contribution in [0.1, 0.15) is 135 Å². The Kier molecular flexibility index (Phi) is 12.9.